The van der Waals surface area contributed by atoms with Crippen molar-refractivity contribution in [3.63, 3.8) is 0 Å². The molecule has 208 valence electrons. The molecule has 2 aromatic rings. The van der Waals surface area contributed by atoms with Gasteiger partial charge in [-0.15, -0.1) is 12.4 Å². The van der Waals surface area contributed by atoms with E-state index in [1.807, 2.05) is 0 Å². The predicted molar refractivity (Wildman–Crippen MR) is 129 cm³/mol. The van der Waals surface area contributed by atoms with E-state index in [9.17, 15) is 35.5 Å². The van der Waals surface area contributed by atoms with E-state index >= 15 is 0 Å². The van der Waals surface area contributed by atoms with E-state index in [-0.39, 0.29) is 50.1 Å². The second-order valence-corrected chi connectivity index (χ2v) is 8.96. The zero-order valence-electron chi connectivity index (χ0n) is 20.0. The number of carbonyl (C=O) groups excluding carboxylic acids is 1. The Kier molecular flexibility index (Phi) is 9.00. The molecule has 2 aliphatic rings. The van der Waals surface area contributed by atoms with Gasteiger partial charge in [-0.3, -0.25) is 0 Å². The third-order valence-corrected chi connectivity index (χ3v) is 6.62. The van der Waals surface area contributed by atoms with E-state index in [1.54, 1.807) is 12.2 Å². The van der Waals surface area contributed by atoms with Gasteiger partial charge in [0.15, 0.2) is 0 Å². The van der Waals surface area contributed by atoms with Crippen LogP contribution in [0.15, 0.2) is 48.6 Å². The fraction of sp³-hybridized carbons (Fsp3) is 0.400. The second-order valence-electron chi connectivity index (χ2n) is 8.96. The molecule has 1 fully saturated rings. The molecule has 0 saturated carbocycles. The third-order valence-electron chi connectivity index (χ3n) is 6.62. The average molecular weight is 567 g/mol. The number of nitrogens with two attached hydrogens (primary N) is 1. The highest BCUT2D eigenvalue weighted by molar-refractivity contribution is 5.85. The van der Waals surface area contributed by atoms with Crippen LogP contribution in [0.2, 0.25) is 0 Å². The maximum Gasteiger partial charge on any atom is 0.416 e. The van der Waals surface area contributed by atoms with Crippen LogP contribution in [0, 0.1) is 5.82 Å². The topological polar surface area (TPSA) is 61.6 Å². The van der Waals surface area contributed by atoms with Crippen LogP contribution in [-0.4, -0.2) is 42.0 Å². The molecule has 13 heteroatoms. The van der Waals surface area contributed by atoms with E-state index in [0.717, 1.165) is 0 Å². The molecule has 0 radical (unpaired) electrons. The molecule has 1 saturated heterocycles. The van der Waals surface area contributed by atoms with Crippen LogP contribution in [0.1, 0.15) is 46.3 Å². The fourth-order valence-corrected chi connectivity index (χ4v) is 4.82. The maximum atomic E-state index is 13.8. The lowest BCUT2D eigenvalue weighted by molar-refractivity contribution is -0.143. The Bertz CT molecular complexity index is 1150. The van der Waals surface area contributed by atoms with Gasteiger partial charge in [0.25, 0.3) is 0 Å². The molecule has 2 amide bonds. The number of benzene rings is 2. The van der Waals surface area contributed by atoms with Gasteiger partial charge in [-0.25, -0.2) is 9.18 Å². The molecule has 0 aliphatic carbocycles. The van der Waals surface area contributed by atoms with Crippen LogP contribution < -0.4 is 11.1 Å². The highest BCUT2D eigenvalue weighted by atomic mass is 35.5. The predicted octanol–water partition coefficient (Wildman–Crippen LogP) is 5.81. The van der Waals surface area contributed by atoms with Crippen LogP contribution in [0.4, 0.5) is 35.5 Å². The number of piperazine rings is 1. The average Bonchev–Trinajstić information content (AvgIpc) is 2.87. The quantitative estimate of drug-likeness (QED) is 0.364. The van der Waals surface area contributed by atoms with Crippen molar-refractivity contribution in [1.82, 2.24) is 15.1 Å². The summed E-state index contributed by atoms with van der Waals surface area (Å²) in [6.07, 6.45) is -6.68. The van der Waals surface area contributed by atoms with Crippen LogP contribution in [-0.2, 0) is 18.9 Å². The van der Waals surface area contributed by atoms with Crippen LogP contribution >= 0.6 is 12.4 Å². The van der Waals surface area contributed by atoms with Crippen LogP contribution in [0.3, 0.4) is 0 Å². The van der Waals surface area contributed by atoms with Crippen molar-refractivity contribution in [1.29, 1.82) is 0 Å². The number of urea groups is 1. The first-order chi connectivity index (χ1) is 17.4. The smallest absolute Gasteiger partial charge is 0.326 e. The van der Waals surface area contributed by atoms with Crippen molar-refractivity contribution in [2.24, 2.45) is 5.73 Å². The van der Waals surface area contributed by atoms with Gasteiger partial charge in [-0.2, -0.15) is 26.3 Å². The summed E-state index contributed by atoms with van der Waals surface area (Å²) in [6.45, 7) is 1.00. The summed E-state index contributed by atoms with van der Waals surface area (Å²) in [5, 5.41) is 3.17. The summed E-state index contributed by atoms with van der Waals surface area (Å²) < 4.78 is 94.6. The van der Waals surface area contributed by atoms with Crippen molar-refractivity contribution in [2.75, 3.05) is 26.2 Å². The van der Waals surface area contributed by atoms with E-state index < -0.39 is 47.4 Å². The van der Waals surface area contributed by atoms with E-state index in [2.05, 4.69) is 5.32 Å². The summed E-state index contributed by atoms with van der Waals surface area (Å²) in [5.74, 6) is -0.489. The number of halogens is 8. The van der Waals surface area contributed by atoms with Gasteiger partial charge in [0.2, 0.25) is 0 Å². The van der Waals surface area contributed by atoms with Gasteiger partial charge >= 0.3 is 18.4 Å². The Labute approximate surface area is 220 Å². The van der Waals surface area contributed by atoms with E-state index in [1.165, 1.54) is 28.0 Å². The fourth-order valence-electron chi connectivity index (χ4n) is 4.82. The minimum atomic E-state index is -5.00. The number of carbonyl (C=O) groups is 1. The molecule has 0 aromatic heterocycles. The normalized spacial score (nSPS) is 20.3. The summed E-state index contributed by atoms with van der Waals surface area (Å²) in [7, 11) is 0. The molecule has 1 unspecified atom stereocenters. The standard InChI is InChI=1S/C25H25F7N4O.ClH/c26-19-4-5-20(16(11-19)13-33)22-14-34-6-8-36(22)23(37)35-7-2-1-3-21(35)15-9-17(24(27,28)29)12-18(10-15)25(30,31)32;/h1-2,4-5,9-12,21-22,34H,3,6-8,13-14,33H2;1H/t21?,22-;/m1./s1. The van der Waals surface area contributed by atoms with Crippen LogP contribution in [0.25, 0.3) is 0 Å². The Hall–Kier alpha value is -2.83. The monoisotopic (exact) mass is 566 g/mol. The van der Waals surface area contributed by atoms with E-state index in [4.69, 9.17) is 5.73 Å². The largest absolute Gasteiger partial charge is 0.416 e. The number of nitrogens with one attached hydrogen (secondary N) is 1. The minimum Gasteiger partial charge on any atom is -0.326 e. The zero-order chi connectivity index (χ0) is 27.0. The third kappa shape index (κ3) is 6.24. The van der Waals surface area contributed by atoms with Gasteiger partial charge in [0.05, 0.1) is 23.2 Å². The zero-order valence-corrected chi connectivity index (χ0v) is 20.8. The summed E-state index contributed by atoms with van der Waals surface area (Å²) in [5.41, 5.74) is 3.79. The molecule has 0 spiro atoms. The van der Waals surface area contributed by atoms with Gasteiger partial charge in [-0.05, 0) is 53.4 Å². The number of nitrogens with zero attached hydrogens (tertiary/aromatic N) is 2. The van der Waals surface area contributed by atoms with E-state index in [0.29, 0.717) is 36.3 Å². The molecule has 5 nitrogen and oxygen atoms in total. The Morgan fingerprint density at radius 1 is 0.947 bits per heavy atom. The number of amides is 2. The molecule has 38 heavy (non-hydrogen) atoms. The molecule has 3 N–H and O–H groups in total. The Morgan fingerprint density at radius 3 is 2.21 bits per heavy atom. The molecule has 2 aromatic carbocycles. The Morgan fingerprint density at radius 2 is 1.61 bits per heavy atom. The number of hydrogen-bond acceptors (Lipinski definition) is 3. The first kappa shape index (κ1) is 29.7. The second kappa shape index (κ2) is 11.5. The molecular weight excluding hydrogens is 541 g/mol. The number of alkyl halides is 6. The first-order valence-corrected chi connectivity index (χ1v) is 11.6. The molecule has 2 heterocycles. The molecular formula is C25H26ClF7N4O. The summed E-state index contributed by atoms with van der Waals surface area (Å²) in [4.78, 5) is 16.6. The number of rotatable bonds is 3. The highest BCUT2D eigenvalue weighted by Crippen LogP contribution is 2.40. The van der Waals surface area contributed by atoms with Crippen molar-refractivity contribution < 1.29 is 35.5 Å². The van der Waals surface area contributed by atoms with Crippen molar-refractivity contribution in [3.05, 3.63) is 82.2 Å². The lowest BCUT2D eigenvalue weighted by Gasteiger charge is -2.43. The van der Waals surface area contributed by atoms with Crippen molar-refractivity contribution >= 4 is 18.4 Å². The lowest BCUT2D eigenvalue weighted by Crippen LogP contribution is -2.54. The van der Waals surface area contributed by atoms with Gasteiger partial charge in [0, 0.05) is 32.7 Å². The van der Waals surface area contributed by atoms with Crippen molar-refractivity contribution in [3.8, 4) is 0 Å². The molecule has 2 aliphatic heterocycles. The van der Waals surface area contributed by atoms with Gasteiger partial charge < -0.3 is 20.9 Å². The summed E-state index contributed by atoms with van der Waals surface area (Å²) >= 11 is 0. The first-order valence-electron chi connectivity index (χ1n) is 11.6. The maximum absolute atomic E-state index is 13.8. The summed E-state index contributed by atoms with van der Waals surface area (Å²) in [6, 6.07) is 3.33. The van der Waals surface area contributed by atoms with Crippen molar-refractivity contribution in [2.45, 2.75) is 37.4 Å². The molecule has 0 bridgehead atoms. The molecule has 4 rings (SSSR count). The highest BCUT2D eigenvalue weighted by Gasteiger charge is 2.40. The number of hydrogen-bond donors (Lipinski definition) is 2. The Balaban J connectivity index is 0.00000400. The minimum absolute atomic E-state index is 0. The van der Waals surface area contributed by atoms with Gasteiger partial charge in [-0.1, -0.05) is 18.2 Å². The molecule has 2 atom stereocenters. The SMILES string of the molecule is Cl.NCc1cc(F)ccc1[C@H]1CNCCN1C(=O)N1CC=CCC1c1cc(C(F)(F)F)cc(C(F)(F)F)c1. The van der Waals surface area contributed by atoms with Crippen LogP contribution in [0.5, 0.6) is 0 Å². The van der Waals surface area contributed by atoms with Gasteiger partial charge in [0.1, 0.15) is 5.82 Å². The lowest BCUT2D eigenvalue weighted by atomic mass is 9.94.